The molecule has 0 radical (unpaired) electrons. The van der Waals surface area contributed by atoms with E-state index < -0.39 is 15.2 Å². The monoisotopic (exact) mass is 352 g/mol. The quantitative estimate of drug-likeness (QED) is 0.364. The molecule has 3 rings (SSSR count). The molecular formula is C16H23BF5P. The summed E-state index contributed by atoms with van der Waals surface area (Å²) in [4.78, 5) is 0. The van der Waals surface area contributed by atoms with Crippen molar-refractivity contribution in [2.45, 2.75) is 62.7 Å². The first-order valence-corrected chi connectivity index (χ1v) is 10.00. The van der Waals surface area contributed by atoms with Crippen LogP contribution in [0.1, 0.15) is 51.4 Å². The third-order valence-corrected chi connectivity index (χ3v) is 8.64. The molecule has 130 valence electrons. The summed E-state index contributed by atoms with van der Waals surface area (Å²) in [5, 5.41) is 1.37. The first-order chi connectivity index (χ1) is 10.8. The summed E-state index contributed by atoms with van der Waals surface area (Å²) >= 11 is 0. The molecule has 0 saturated heterocycles. The van der Waals surface area contributed by atoms with Crippen LogP contribution in [0.4, 0.5) is 21.7 Å². The lowest BCUT2D eigenvalue weighted by atomic mass is 10.3. The lowest BCUT2D eigenvalue weighted by Gasteiger charge is -2.22. The van der Waals surface area contributed by atoms with Gasteiger partial charge in [-0.05, 0) is 63.5 Å². The first kappa shape index (κ1) is 18.7. The van der Waals surface area contributed by atoms with E-state index in [0.717, 1.165) is 11.3 Å². The Hall–Kier alpha value is -0.635. The summed E-state index contributed by atoms with van der Waals surface area (Å²) in [6.45, 7) is 0. The largest absolute Gasteiger partial charge is 0.673 e. The Labute approximate surface area is 135 Å². The number of halogens is 5. The Balaban J connectivity index is 0.000000338. The normalized spacial score (nSPS) is 19.9. The molecule has 0 heterocycles. The molecular weight excluding hydrogens is 329 g/mol. The predicted octanol–water partition coefficient (Wildman–Crippen LogP) is 5.85. The highest BCUT2D eigenvalue weighted by Crippen LogP contribution is 2.56. The van der Waals surface area contributed by atoms with Crippen LogP contribution in [0.15, 0.2) is 24.3 Å². The fraction of sp³-hybridized carbons (Fsp3) is 0.625. The van der Waals surface area contributed by atoms with Gasteiger partial charge in [0.15, 0.2) is 0 Å². The lowest BCUT2D eigenvalue weighted by Crippen LogP contribution is -2.19. The van der Waals surface area contributed by atoms with Crippen LogP contribution in [0.2, 0.25) is 0 Å². The Morgan fingerprint density at radius 1 is 0.826 bits per heavy atom. The van der Waals surface area contributed by atoms with Crippen LogP contribution in [0, 0.1) is 5.82 Å². The van der Waals surface area contributed by atoms with E-state index in [9.17, 15) is 21.7 Å². The minimum atomic E-state index is -6.00. The van der Waals surface area contributed by atoms with E-state index >= 15 is 0 Å². The molecule has 7 heteroatoms. The van der Waals surface area contributed by atoms with Crippen LogP contribution in [-0.2, 0) is 0 Å². The Morgan fingerprint density at radius 2 is 1.26 bits per heavy atom. The average molecular weight is 352 g/mol. The Kier molecular flexibility index (Phi) is 6.88. The van der Waals surface area contributed by atoms with Crippen LogP contribution in [0.3, 0.4) is 0 Å². The second-order valence-electron chi connectivity index (χ2n) is 6.42. The van der Waals surface area contributed by atoms with Gasteiger partial charge in [0.1, 0.15) is 5.82 Å². The van der Waals surface area contributed by atoms with Crippen LogP contribution in [0.5, 0.6) is 0 Å². The zero-order valence-electron chi connectivity index (χ0n) is 13.1. The maximum Gasteiger partial charge on any atom is 0.673 e. The van der Waals surface area contributed by atoms with Crippen molar-refractivity contribution in [1.29, 1.82) is 0 Å². The van der Waals surface area contributed by atoms with Crippen molar-refractivity contribution in [1.82, 2.24) is 0 Å². The van der Waals surface area contributed by atoms with Crippen molar-refractivity contribution < 1.29 is 21.7 Å². The van der Waals surface area contributed by atoms with E-state index in [1.54, 1.807) is 6.07 Å². The van der Waals surface area contributed by atoms with Crippen molar-refractivity contribution in [3.63, 3.8) is 0 Å². The van der Waals surface area contributed by atoms with Gasteiger partial charge in [-0.25, -0.2) is 4.39 Å². The molecule has 23 heavy (non-hydrogen) atoms. The molecule has 0 atom stereocenters. The number of rotatable bonds is 3. The third-order valence-electron chi connectivity index (χ3n) is 4.75. The number of hydrogen-bond acceptors (Lipinski definition) is 0. The van der Waals surface area contributed by atoms with Crippen molar-refractivity contribution in [3.8, 4) is 0 Å². The van der Waals surface area contributed by atoms with Gasteiger partial charge in [0.25, 0.3) is 0 Å². The number of hydrogen-bond donors (Lipinski definition) is 0. The van der Waals surface area contributed by atoms with Gasteiger partial charge in [0, 0.05) is 14.0 Å². The van der Waals surface area contributed by atoms with E-state index in [1.165, 1.54) is 56.7 Å². The third kappa shape index (κ3) is 6.41. The molecule has 0 N–H and O–H groups in total. The molecule has 1 aromatic carbocycles. The van der Waals surface area contributed by atoms with Gasteiger partial charge < -0.3 is 17.3 Å². The smallest absolute Gasteiger partial charge is 0.418 e. The van der Waals surface area contributed by atoms with Gasteiger partial charge in [-0.2, -0.15) is 0 Å². The molecule has 0 unspecified atom stereocenters. The molecule has 2 aliphatic rings. The SMILES string of the molecule is F[B-](F)(F)F.Fc1cccc([PH+](C2CCCC2)C2CCCC2)c1. The second-order valence-corrected chi connectivity index (χ2v) is 9.54. The predicted molar refractivity (Wildman–Crippen MR) is 89.0 cm³/mol. The van der Waals surface area contributed by atoms with E-state index in [4.69, 9.17) is 0 Å². The molecule has 2 fully saturated rings. The zero-order chi connectivity index (χ0) is 16.9. The maximum atomic E-state index is 13.5. The summed E-state index contributed by atoms with van der Waals surface area (Å²) in [5.74, 6) is -0.0361. The van der Waals surface area contributed by atoms with Crippen molar-refractivity contribution in [2.24, 2.45) is 0 Å². The Morgan fingerprint density at radius 3 is 1.65 bits per heavy atom. The summed E-state index contributed by atoms with van der Waals surface area (Å²) in [6, 6.07) is 7.55. The van der Waals surface area contributed by atoms with E-state index in [2.05, 4.69) is 6.07 Å². The maximum absolute atomic E-state index is 13.5. The zero-order valence-corrected chi connectivity index (χ0v) is 14.1. The van der Waals surface area contributed by atoms with Gasteiger partial charge >= 0.3 is 7.25 Å². The summed E-state index contributed by atoms with van der Waals surface area (Å²) in [5.41, 5.74) is 1.83. The van der Waals surface area contributed by atoms with Crippen molar-refractivity contribution in [3.05, 3.63) is 30.1 Å². The summed E-state index contributed by atoms with van der Waals surface area (Å²) in [7, 11) is -6.54. The topological polar surface area (TPSA) is 0 Å². The van der Waals surface area contributed by atoms with Crippen LogP contribution < -0.4 is 5.30 Å². The Bertz CT molecular complexity index is 460. The molecule has 0 aromatic heterocycles. The van der Waals surface area contributed by atoms with Gasteiger partial charge in [-0.3, -0.25) is 0 Å². The second kappa shape index (κ2) is 8.46. The van der Waals surface area contributed by atoms with Crippen LogP contribution in [0.25, 0.3) is 0 Å². The fourth-order valence-corrected chi connectivity index (χ4v) is 8.21. The van der Waals surface area contributed by atoms with E-state index in [1.807, 2.05) is 12.1 Å². The average Bonchev–Trinajstić information content (AvgIpc) is 3.11. The highest BCUT2D eigenvalue weighted by Gasteiger charge is 2.40. The highest BCUT2D eigenvalue weighted by molar-refractivity contribution is 7.67. The minimum Gasteiger partial charge on any atom is -0.418 e. The van der Waals surface area contributed by atoms with Crippen LogP contribution >= 0.6 is 7.92 Å². The van der Waals surface area contributed by atoms with E-state index in [0.29, 0.717) is 0 Å². The molecule has 0 amide bonds. The molecule has 2 aliphatic carbocycles. The molecule has 0 aliphatic heterocycles. The molecule has 0 spiro atoms. The first-order valence-electron chi connectivity index (χ1n) is 8.34. The molecule has 0 nitrogen and oxygen atoms in total. The molecule has 2 saturated carbocycles. The number of benzene rings is 1. The standard InChI is InChI=1S/C16H22FP.BF4/c17-13-6-5-11-16(12-13)18(14-7-1-2-8-14)15-9-3-4-10-15;2-1(3,4)5/h5-6,11-12,14-15H,1-4,7-10H2;/q;-1/p+1. The summed E-state index contributed by atoms with van der Waals surface area (Å²) in [6.07, 6.45) is 11.2. The molecule has 0 bridgehead atoms. The van der Waals surface area contributed by atoms with E-state index in [-0.39, 0.29) is 5.82 Å². The van der Waals surface area contributed by atoms with Crippen LogP contribution in [-0.4, -0.2) is 18.6 Å². The van der Waals surface area contributed by atoms with Gasteiger partial charge in [-0.15, -0.1) is 0 Å². The highest BCUT2D eigenvalue weighted by atomic mass is 31.1. The van der Waals surface area contributed by atoms with Gasteiger partial charge in [0.2, 0.25) is 0 Å². The van der Waals surface area contributed by atoms with Crippen molar-refractivity contribution in [2.75, 3.05) is 0 Å². The van der Waals surface area contributed by atoms with Gasteiger partial charge in [-0.1, -0.05) is 6.07 Å². The fourth-order valence-electron chi connectivity index (χ4n) is 3.95. The molecule has 1 aromatic rings. The lowest BCUT2D eigenvalue weighted by molar-refractivity contribution is 0.368. The van der Waals surface area contributed by atoms with Crippen molar-refractivity contribution >= 4 is 20.5 Å². The summed E-state index contributed by atoms with van der Waals surface area (Å²) < 4.78 is 52.5. The van der Waals surface area contributed by atoms with Gasteiger partial charge in [0.05, 0.1) is 16.6 Å². The minimum absolute atomic E-state index is 0.0361.